The zero-order valence-corrected chi connectivity index (χ0v) is 8.08. The Hall–Kier alpha value is -0.550. The molecule has 0 N–H and O–H groups in total. The van der Waals surface area contributed by atoms with Gasteiger partial charge in [-0.3, -0.25) is 4.90 Å². The van der Waals surface area contributed by atoms with Crippen molar-refractivity contribution in [2.24, 2.45) is 5.92 Å². The fourth-order valence-corrected chi connectivity index (χ4v) is 1.73. The molecule has 2 nitrogen and oxygen atoms in total. The Morgan fingerprint density at radius 1 is 1.50 bits per heavy atom. The van der Waals surface area contributed by atoms with E-state index in [1.54, 1.807) is 0 Å². The zero-order chi connectivity index (χ0) is 8.97. The molecule has 2 heteroatoms. The fourth-order valence-electron chi connectivity index (χ4n) is 1.73. The van der Waals surface area contributed by atoms with E-state index in [0.717, 1.165) is 5.92 Å². The van der Waals surface area contributed by atoms with Crippen LogP contribution in [0.3, 0.4) is 0 Å². The summed E-state index contributed by atoms with van der Waals surface area (Å²) in [7, 11) is 0. The van der Waals surface area contributed by atoms with Crippen molar-refractivity contribution in [1.82, 2.24) is 4.90 Å². The highest BCUT2D eigenvalue weighted by Gasteiger charge is 2.19. The number of piperidine rings is 1. The average Bonchev–Trinajstić information content (AvgIpc) is 2.06. The fraction of sp³-hybridized carbons (Fsp3) is 0.900. The van der Waals surface area contributed by atoms with Crippen molar-refractivity contribution in [1.29, 1.82) is 5.26 Å². The van der Waals surface area contributed by atoms with Crippen LogP contribution in [0.25, 0.3) is 0 Å². The molecule has 1 saturated heterocycles. The minimum Gasteiger partial charge on any atom is -0.300 e. The number of nitrogens with zero attached hydrogens (tertiary/aromatic N) is 2. The maximum absolute atomic E-state index is 8.54. The maximum atomic E-state index is 8.54. The van der Waals surface area contributed by atoms with Gasteiger partial charge in [0.1, 0.15) is 0 Å². The third-order valence-corrected chi connectivity index (χ3v) is 2.83. The van der Waals surface area contributed by atoms with Crippen molar-refractivity contribution in [2.75, 3.05) is 13.1 Å². The van der Waals surface area contributed by atoms with Crippen molar-refractivity contribution >= 4 is 0 Å². The van der Waals surface area contributed by atoms with E-state index in [-0.39, 0.29) is 0 Å². The molecule has 0 radical (unpaired) electrons. The van der Waals surface area contributed by atoms with Gasteiger partial charge in [0.05, 0.1) is 12.5 Å². The highest BCUT2D eigenvalue weighted by atomic mass is 15.2. The molecule has 0 aromatic rings. The topological polar surface area (TPSA) is 27.0 Å². The average molecular weight is 166 g/mol. The van der Waals surface area contributed by atoms with E-state index in [9.17, 15) is 0 Å². The van der Waals surface area contributed by atoms with Gasteiger partial charge in [-0.2, -0.15) is 5.26 Å². The monoisotopic (exact) mass is 166 g/mol. The Morgan fingerprint density at radius 2 is 2.08 bits per heavy atom. The molecule has 0 aromatic heterocycles. The maximum Gasteiger partial charge on any atom is 0.0638 e. The van der Waals surface area contributed by atoms with Gasteiger partial charge in [-0.1, -0.05) is 6.92 Å². The van der Waals surface area contributed by atoms with Gasteiger partial charge >= 0.3 is 0 Å². The van der Waals surface area contributed by atoms with Crippen molar-refractivity contribution in [3.63, 3.8) is 0 Å². The van der Waals surface area contributed by atoms with Gasteiger partial charge in [-0.05, 0) is 38.8 Å². The Bertz CT molecular complexity index is 163. The number of nitriles is 1. The van der Waals surface area contributed by atoms with E-state index >= 15 is 0 Å². The standard InChI is InChI=1S/C10H18N2/c1-9-4-7-12(8-5-9)10(2)3-6-11/h9-10H,3-5,7-8H2,1-2H3. The first-order valence-electron chi connectivity index (χ1n) is 4.85. The SMILES string of the molecule is CC1CCN(C(C)CC#N)CC1. The van der Waals surface area contributed by atoms with Crippen LogP contribution in [0, 0.1) is 17.2 Å². The molecule has 1 aliphatic rings. The van der Waals surface area contributed by atoms with Gasteiger partial charge in [-0.25, -0.2) is 0 Å². The molecular weight excluding hydrogens is 148 g/mol. The van der Waals surface area contributed by atoms with Crippen molar-refractivity contribution in [3.05, 3.63) is 0 Å². The second-order valence-corrected chi connectivity index (χ2v) is 3.93. The number of rotatable bonds is 2. The third-order valence-electron chi connectivity index (χ3n) is 2.83. The van der Waals surface area contributed by atoms with Gasteiger partial charge in [0.2, 0.25) is 0 Å². The van der Waals surface area contributed by atoms with Gasteiger partial charge in [0, 0.05) is 6.04 Å². The summed E-state index contributed by atoms with van der Waals surface area (Å²) < 4.78 is 0. The van der Waals surface area contributed by atoms with Crippen LogP contribution >= 0.6 is 0 Å². The van der Waals surface area contributed by atoms with E-state index in [4.69, 9.17) is 5.26 Å². The predicted molar refractivity (Wildman–Crippen MR) is 49.7 cm³/mol. The summed E-state index contributed by atoms with van der Waals surface area (Å²) in [4.78, 5) is 2.43. The molecule has 1 unspecified atom stereocenters. The van der Waals surface area contributed by atoms with Crippen LogP contribution in [0.5, 0.6) is 0 Å². The van der Waals surface area contributed by atoms with E-state index < -0.39 is 0 Å². The van der Waals surface area contributed by atoms with Crippen LogP contribution in [0.15, 0.2) is 0 Å². The van der Waals surface area contributed by atoms with Crippen LogP contribution in [-0.2, 0) is 0 Å². The summed E-state index contributed by atoms with van der Waals surface area (Å²) in [6.45, 7) is 6.83. The first kappa shape index (κ1) is 9.54. The van der Waals surface area contributed by atoms with Crippen molar-refractivity contribution in [2.45, 2.75) is 39.2 Å². The zero-order valence-electron chi connectivity index (χ0n) is 8.08. The van der Waals surface area contributed by atoms with Gasteiger partial charge in [0.15, 0.2) is 0 Å². The molecule has 0 aliphatic carbocycles. The second kappa shape index (κ2) is 4.47. The molecule has 0 spiro atoms. The van der Waals surface area contributed by atoms with Crippen LogP contribution < -0.4 is 0 Å². The predicted octanol–water partition coefficient (Wildman–Crippen LogP) is 2.02. The molecule has 0 bridgehead atoms. The van der Waals surface area contributed by atoms with Crippen LogP contribution in [0.2, 0.25) is 0 Å². The highest BCUT2D eigenvalue weighted by molar-refractivity contribution is 4.82. The molecule has 1 aliphatic heterocycles. The summed E-state index contributed by atoms with van der Waals surface area (Å²) in [5, 5.41) is 8.54. The third kappa shape index (κ3) is 2.49. The minimum atomic E-state index is 0.461. The Morgan fingerprint density at radius 3 is 2.58 bits per heavy atom. The van der Waals surface area contributed by atoms with Crippen molar-refractivity contribution in [3.8, 4) is 6.07 Å². The van der Waals surface area contributed by atoms with Gasteiger partial charge in [0.25, 0.3) is 0 Å². The molecule has 12 heavy (non-hydrogen) atoms. The lowest BCUT2D eigenvalue weighted by Gasteiger charge is -2.33. The molecule has 0 saturated carbocycles. The van der Waals surface area contributed by atoms with Gasteiger partial charge < -0.3 is 0 Å². The van der Waals surface area contributed by atoms with E-state index in [0.29, 0.717) is 12.5 Å². The number of hydrogen-bond acceptors (Lipinski definition) is 2. The van der Waals surface area contributed by atoms with E-state index in [2.05, 4.69) is 24.8 Å². The molecule has 1 heterocycles. The second-order valence-electron chi connectivity index (χ2n) is 3.93. The quantitative estimate of drug-likeness (QED) is 0.627. The van der Waals surface area contributed by atoms with Crippen LogP contribution in [0.1, 0.15) is 33.1 Å². The van der Waals surface area contributed by atoms with Crippen molar-refractivity contribution < 1.29 is 0 Å². The Labute approximate surface area is 75.2 Å². The smallest absolute Gasteiger partial charge is 0.0638 e. The lowest BCUT2D eigenvalue weighted by molar-refractivity contribution is 0.148. The van der Waals surface area contributed by atoms with Crippen LogP contribution in [-0.4, -0.2) is 24.0 Å². The lowest BCUT2D eigenvalue weighted by atomic mass is 9.98. The first-order valence-corrected chi connectivity index (χ1v) is 4.85. The highest BCUT2D eigenvalue weighted by Crippen LogP contribution is 2.18. The summed E-state index contributed by atoms with van der Waals surface area (Å²) in [5.74, 6) is 0.885. The summed E-state index contributed by atoms with van der Waals surface area (Å²) in [6.07, 6.45) is 3.28. The minimum absolute atomic E-state index is 0.461. The van der Waals surface area contributed by atoms with Gasteiger partial charge in [-0.15, -0.1) is 0 Å². The molecule has 1 fully saturated rings. The Balaban J connectivity index is 2.30. The molecule has 0 aromatic carbocycles. The molecule has 68 valence electrons. The lowest BCUT2D eigenvalue weighted by Crippen LogP contribution is -2.39. The van der Waals surface area contributed by atoms with Crippen LogP contribution in [0.4, 0.5) is 0 Å². The normalized spacial score (nSPS) is 23.4. The summed E-state index contributed by atoms with van der Waals surface area (Å²) in [5.41, 5.74) is 0. The first-order chi connectivity index (χ1) is 5.74. The number of likely N-dealkylation sites (tertiary alicyclic amines) is 1. The molecule has 1 atom stereocenters. The number of hydrogen-bond donors (Lipinski definition) is 0. The largest absolute Gasteiger partial charge is 0.300 e. The summed E-state index contributed by atoms with van der Waals surface area (Å²) in [6, 6.07) is 2.69. The molecule has 1 rings (SSSR count). The Kier molecular flexibility index (Phi) is 3.55. The summed E-state index contributed by atoms with van der Waals surface area (Å²) >= 11 is 0. The molecule has 0 amide bonds. The van der Waals surface area contributed by atoms with E-state index in [1.165, 1.54) is 25.9 Å². The molecular formula is C10H18N2. The van der Waals surface area contributed by atoms with E-state index in [1.807, 2.05) is 0 Å².